The number of benzene rings is 1. The van der Waals surface area contributed by atoms with Crippen molar-refractivity contribution in [2.45, 2.75) is 31.9 Å². The van der Waals surface area contributed by atoms with Crippen molar-refractivity contribution in [3.63, 3.8) is 0 Å². The fourth-order valence-corrected chi connectivity index (χ4v) is 3.26. The zero-order valence-corrected chi connectivity index (χ0v) is 14.7. The lowest BCUT2D eigenvalue weighted by atomic mass is 9.98. The molecule has 0 unspecified atom stereocenters. The van der Waals surface area contributed by atoms with Crippen molar-refractivity contribution in [3.8, 4) is 0 Å². The monoisotopic (exact) mass is 360 g/mol. The van der Waals surface area contributed by atoms with E-state index in [0.717, 1.165) is 56.5 Å². The number of aromatic nitrogens is 1. The predicted molar refractivity (Wildman–Crippen MR) is 97.7 cm³/mol. The van der Waals surface area contributed by atoms with Gasteiger partial charge in [-0.15, -0.1) is 0 Å². The summed E-state index contributed by atoms with van der Waals surface area (Å²) in [5.74, 6) is 0. The fraction of sp³-hybridized carbons (Fsp3) is 0.381. The van der Waals surface area contributed by atoms with Crippen LogP contribution in [0.4, 0.5) is 13.2 Å². The largest absolute Gasteiger partial charge is 0.416 e. The molecule has 0 radical (unpaired) electrons. The number of unbranched alkanes of at least 4 members (excludes halogenated alkanes) is 1. The molecule has 138 valence electrons. The number of rotatable bonds is 6. The maximum absolute atomic E-state index is 12.6. The van der Waals surface area contributed by atoms with Gasteiger partial charge in [-0.1, -0.05) is 18.2 Å². The van der Waals surface area contributed by atoms with Gasteiger partial charge in [0.05, 0.1) is 5.56 Å². The van der Waals surface area contributed by atoms with Gasteiger partial charge in [0.2, 0.25) is 0 Å². The first kappa shape index (κ1) is 18.6. The van der Waals surface area contributed by atoms with Gasteiger partial charge in [-0.05, 0) is 73.2 Å². The molecule has 0 saturated carbocycles. The molecule has 26 heavy (non-hydrogen) atoms. The second kappa shape index (κ2) is 8.49. The molecule has 1 aromatic carbocycles. The number of hydrogen-bond acceptors (Lipinski definition) is 2. The van der Waals surface area contributed by atoms with Crippen molar-refractivity contribution in [2.24, 2.45) is 0 Å². The molecule has 1 aliphatic rings. The van der Waals surface area contributed by atoms with E-state index in [1.807, 2.05) is 12.4 Å². The van der Waals surface area contributed by atoms with E-state index in [2.05, 4.69) is 28.1 Å². The molecule has 0 atom stereocenters. The first-order valence-electron chi connectivity index (χ1n) is 9.00. The maximum Gasteiger partial charge on any atom is 0.416 e. The van der Waals surface area contributed by atoms with Crippen LogP contribution in [0.5, 0.6) is 0 Å². The van der Waals surface area contributed by atoms with E-state index in [-0.39, 0.29) is 0 Å². The highest BCUT2D eigenvalue weighted by molar-refractivity contribution is 5.66. The number of aryl methyl sites for hydroxylation is 1. The highest BCUT2D eigenvalue weighted by Gasteiger charge is 2.30. The van der Waals surface area contributed by atoms with E-state index in [9.17, 15) is 13.2 Å². The van der Waals surface area contributed by atoms with Crippen LogP contribution in [0.1, 0.15) is 36.0 Å². The van der Waals surface area contributed by atoms with Crippen LogP contribution < -0.4 is 0 Å². The topological polar surface area (TPSA) is 16.1 Å². The molecule has 1 aliphatic heterocycles. The van der Waals surface area contributed by atoms with E-state index in [1.165, 1.54) is 17.7 Å². The lowest BCUT2D eigenvalue weighted by Crippen LogP contribution is -2.29. The zero-order chi connectivity index (χ0) is 18.4. The quantitative estimate of drug-likeness (QED) is 0.657. The summed E-state index contributed by atoms with van der Waals surface area (Å²) in [6, 6.07) is 9.61. The third kappa shape index (κ3) is 5.18. The van der Waals surface area contributed by atoms with Crippen LogP contribution >= 0.6 is 0 Å². The van der Waals surface area contributed by atoms with Crippen molar-refractivity contribution in [3.05, 3.63) is 71.6 Å². The van der Waals surface area contributed by atoms with Crippen molar-refractivity contribution in [1.29, 1.82) is 0 Å². The average Bonchev–Trinajstić information content (AvgIpc) is 2.66. The Kier molecular flexibility index (Phi) is 6.09. The van der Waals surface area contributed by atoms with E-state index < -0.39 is 11.7 Å². The Morgan fingerprint density at radius 1 is 0.962 bits per heavy atom. The molecule has 0 amide bonds. The molecule has 3 rings (SSSR count). The summed E-state index contributed by atoms with van der Waals surface area (Å²) in [5, 5.41) is 0. The van der Waals surface area contributed by atoms with Crippen LogP contribution in [0.2, 0.25) is 0 Å². The van der Waals surface area contributed by atoms with Gasteiger partial charge in [0.15, 0.2) is 0 Å². The normalized spacial score (nSPS) is 15.7. The minimum absolute atomic E-state index is 0.589. The van der Waals surface area contributed by atoms with Crippen LogP contribution in [0, 0.1) is 0 Å². The first-order valence-corrected chi connectivity index (χ1v) is 9.00. The molecular weight excluding hydrogens is 337 g/mol. The second-order valence-corrected chi connectivity index (χ2v) is 6.67. The van der Waals surface area contributed by atoms with Gasteiger partial charge < -0.3 is 0 Å². The van der Waals surface area contributed by atoms with Gasteiger partial charge in [0, 0.05) is 25.5 Å². The summed E-state index contributed by atoms with van der Waals surface area (Å²) in [4.78, 5) is 6.43. The second-order valence-electron chi connectivity index (χ2n) is 6.67. The molecule has 0 fully saturated rings. The Hall–Kier alpha value is -2.14. The van der Waals surface area contributed by atoms with Crippen LogP contribution in [-0.4, -0.2) is 29.5 Å². The van der Waals surface area contributed by atoms with Crippen LogP contribution in [0.15, 0.2) is 54.9 Å². The molecule has 2 nitrogen and oxygen atoms in total. The van der Waals surface area contributed by atoms with E-state index >= 15 is 0 Å². The summed E-state index contributed by atoms with van der Waals surface area (Å²) in [7, 11) is 0. The van der Waals surface area contributed by atoms with Crippen molar-refractivity contribution in [1.82, 2.24) is 9.88 Å². The Morgan fingerprint density at radius 3 is 2.31 bits per heavy atom. The van der Waals surface area contributed by atoms with Gasteiger partial charge >= 0.3 is 6.18 Å². The Morgan fingerprint density at radius 2 is 1.69 bits per heavy atom. The van der Waals surface area contributed by atoms with Crippen LogP contribution in [-0.2, 0) is 12.6 Å². The third-order valence-corrected chi connectivity index (χ3v) is 4.82. The molecule has 2 aromatic rings. The molecule has 1 aromatic heterocycles. The highest BCUT2D eigenvalue weighted by atomic mass is 19.4. The van der Waals surface area contributed by atoms with Gasteiger partial charge in [-0.3, -0.25) is 9.88 Å². The lowest BCUT2D eigenvalue weighted by molar-refractivity contribution is -0.137. The lowest BCUT2D eigenvalue weighted by Gasteiger charge is -2.26. The molecule has 0 bridgehead atoms. The van der Waals surface area contributed by atoms with Crippen LogP contribution in [0.25, 0.3) is 5.57 Å². The number of halogens is 3. The highest BCUT2D eigenvalue weighted by Crippen LogP contribution is 2.31. The molecule has 0 N–H and O–H groups in total. The number of hydrogen-bond donors (Lipinski definition) is 0. The molecule has 0 saturated heterocycles. The predicted octanol–water partition coefficient (Wildman–Crippen LogP) is 5.21. The van der Waals surface area contributed by atoms with Gasteiger partial charge in [0.1, 0.15) is 0 Å². The summed E-state index contributed by atoms with van der Waals surface area (Å²) in [6.07, 6.45) is 5.78. The number of pyridine rings is 1. The zero-order valence-electron chi connectivity index (χ0n) is 14.7. The number of nitrogens with zero attached hydrogens (tertiary/aromatic N) is 2. The van der Waals surface area contributed by atoms with E-state index in [4.69, 9.17) is 0 Å². The molecular formula is C21H23F3N2. The minimum atomic E-state index is -4.27. The van der Waals surface area contributed by atoms with Crippen molar-refractivity contribution in [2.75, 3.05) is 19.6 Å². The van der Waals surface area contributed by atoms with Gasteiger partial charge in [0.25, 0.3) is 0 Å². The Balaban J connectivity index is 1.44. The minimum Gasteiger partial charge on any atom is -0.299 e. The Bertz CT molecular complexity index is 721. The average molecular weight is 360 g/mol. The third-order valence-electron chi connectivity index (χ3n) is 4.82. The van der Waals surface area contributed by atoms with Gasteiger partial charge in [-0.25, -0.2) is 0 Å². The fourth-order valence-electron chi connectivity index (χ4n) is 3.26. The van der Waals surface area contributed by atoms with Crippen molar-refractivity contribution >= 4 is 5.57 Å². The smallest absolute Gasteiger partial charge is 0.299 e. The van der Waals surface area contributed by atoms with Crippen LogP contribution in [0.3, 0.4) is 0 Å². The summed E-state index contributed by atoms with van der Waals surface area (Å²) in [5.41, 5.74) is 2.78. The summed E-state index contributed by atoms with van der Waals surface area (Å²) < 4.78 is 37.9. The molecule has 0 aliphatic carbocycles. The first-order chi connectivity index (χ1) is 12.5. The molecule has 5 heteroatoms. The standard InChI is InChI=1S/C21H23F3N2/c22-21(23,24)20-6-4-18(5-7-20)19-10-15-26(16-11-19)14-2-1-3-17-8-12-25-13-9-17/h4-10,12-13H,1-3,11,14-16H2. The summed E-state index contributed by atoms with van der Waals surface area (Å²) in [6.45, 7) is 2.88. The number of alkyl halides is 3. The van der Waals surface area contributed by atoms with Gasteiger partial charge in [-0.2, -0.15) is 13.2 Å². The maximum atomic E-state index is 12.6. The summed E-state index contributed by atoms with van der Waals surface area (Å²) >= 11 is 0. The van der Waals surface area contributed by atoms with E-state index in [1.54, 1.807) is 12.1 Å². The molecule has 2 heterocycles. The molecule has 0 spiro atoms. The van der Waals surface area contributed by atoms with Crippen molar-refractivity contribution < 1.29 is 13.2 Å². The SMILES string of the molecule is FC(F)(F)c1ccc(C2=CCN(CCCCc3ccncc3)CC2)cc1. The Labute approximate surface area is 152 Å². The van der Waals surface area contributed by atoms with E-state index in [0.29, 0.717) is 0 Å².